The third kappa shape index (κ3) is 2.66. The van der Waals surface area contributed by atoms with Gasteiger partial charge in [-0.1, -0.05) is 23.7 Å². The van der Waals surface area contributed by atoms with Gasteiger partial charge in [0.15, 0.2) is 0 Å². The zero-order chi connectivity index (χ0) is 13.0. The molecule has 0 aliphatic heterocycles. The fourth-order valence-electron chi connectivity index (χ4n) is 1.59. The molecule has 1 aromatic carbocycles. The smallest absolute Gasteiger partial charge is 0.140 e. The molecule has 0 fully saturated rings. The number of rotatable bonds is 2. The van der Waals surface area contributed by atoms with Crippen molar-refractivity contribution in [3.63, 3.8) is 0 Å². The van der Waals surface area contributed by atoms with Crippen molar-refractivity contribution in [2.24, 2.45) is 0 Å². The summed E-state index contributed by atoms with van der Waals surface area (Å²) in [5, 5.41) is 17.9. The van der Waals surface area contributed by atoms with Gasteiger partial charge < -0.3 is 0 Å². The Morgan fingerprint density at radius 1 is 1.06 bits per heavy atom. The van der Waals surface area contributed by atoms with E-state index in [1.54, 1.807) is 24.4 Å². The van der Waals surface area contributed by atoms with Gasteiger partial charge in [0, 0.05) is 6.20 Å². The van der Waals surface area contributed by atoms with Crippen LogP contribution in [0.1, 0.15) is 22.4 Å². The molecule has 0 aliphatic rings. The zero-order valence-corrected chi connectivity index (χ0v) is 10.1. The van der Waals surface area contributed by atoms with Crippen LogP contribution in [-0.2, 0) is 6.42 Å². The molecular formula is C14H8ClN3. The number of nitriles is 2. The summed E-state index contributed by atoms with van der Waals surface area (Å²) in [5.74, 6) is 0. The van der Waals surface area contributed by atoms with E-state index in [2.05, 4.69) is 4.98 Å². The van der Waals surface area contributed by atoms with Crippen LogP contribution in [0.25, 0.3) is 0 Å². The Morgan fingerprint density at radius 3 is 2.39 bits per heavy atom. The van der Waals surface area contributed by atoms with E-state index in [1.165, 1.54) is 0 Å². The lowest BCUT2D eigenvalue weighted by molar-refractivity contribution is 1.13. The zero-order valence-electron chi connectivity index (χ0n) is 9.39. The van der Waals surface area contributed by atoms with Crippen molar-refractivity contribution < 1.29 is 0 Å². The van der Waals surface area contributed by atoms with E-state index in [1.807, 2.05) is 24.3 Å². The standard InChI is InChI=1S/C14H8ClN3/c15-14-6-10(1-3-12(14)7-16)5-11-2-4-13(8-17)18-9-11/h1-4,6,9H,5H2. The average Bonchev–Trinajstić information content (AvgIpc) is 2.40. The SMILES string of the molecule is N#Cc1ccc(Cc2ccc(C#N)c(Cl)c2)cn1. The van der Waals surface area contributed by atoms with E-state index >= 15 is 0 Å². The fraction of sp³-hybridized carbons (Fsp3) is 0.0714. The average molecular weight is 254 g/mol. The van der Waals surface area contributed by atoms with Crippen LogP contribution in [0, 0.1) is 22.7 Å². The Bertz CT molecular complexity index is 648. The highest BCUT2D eigenvalue weighted by Crippen LogP contribution is 2.19. The summed E-state index contributed by atoms with van der Waals surface area (Å²) >= 11 is 5.96. The molecule has 86 valence electrons. The Hall–Kier alpha value is -2.36. The minimum atomic E-state index is 0.400. The van der Waals surface area contributed by atoms with Gasteiger partial charge in [0.1, 0.15) is 17.8 Å². The molecule has 4 heteroatoms. The highest BCUT2D eigenvalue weighted by molar-refractivity contribution is 6.31. The summed E-state index contributed by atoms with van der Waals surface area (Å²) in [7, 11) is 0. The lowest BCUT2D eigenvalue weighted by Gasteiger charge is -2.03. The highest BCUT2D eigenvalue weighted by Gasteiger charge is 2.02. The van der Waals surface area contributed by atoms with E-state index < -0.39 is 0 Å². The lowest BCUT2D eigenvalue weighted by atomic mass is 10.0. The van der Waals surface area contributed by atoms with Crippen molar-refractivity contribution in [3.8, 4) is 12.1 Å². The van der Waals surface area contributed by atoms with E-state index in [0.29, 0.717) is 22.7 Å². The molecule has 18 heavy (non-hydrogen) atoms. The molecule has 0 bridgehead atoms. The number of pyridine rings is 1. The van der Waals surface area contributed by atoms with Crippen molar-refractivity contribution in [2.45, 2.75) is 6.42 Å². The molecule has 2 aromatic rings. The van der Waals surface area contributed by atoms with Crippen molar-refractivity contribution in [1.29, 1.82) is 10.5 Å². The molecule has 1 heterocycles. The maximum atomic E-state index is 8.78. The van der Waals surface area contributed by atoms with Crippen LogP contribution in [0.2, 0.25) is 5.02 Å². The van der Waals surface area contributed by atoms with Crippen LogP contribution >= 0.6 is 11.6 Å². The largest absolute Gasteiger partial charge is 0.245 e. The van der Waals surface area contributed by atoms with Gasteiger partial charge in [0.25, 0.3) is 0 Å². The molecule has 0 saturated heterocycles. The number of hydrogen-bond acceptors (Lipinski definition) is 3. The maximum absolute atomic E-state index is 8.78. The van der Waals surface area contributed by atoms with E-state index in [4.69, 9.17) is 22.1 Å². The van der Waals surface area contributed by atoms with Crippen molar-refractivity contribution in [3.05, 3.63) is 63.9 Å². The summed E-state index contributed by atoms with van der Waals surface area (Å²) in [6.45, 7) is 0. The van der Waals surface area contributed by atoms with Gasteiger partial charge in [-0.05, 0) is 35.7 Å². The molecule has 2 rings (SSSR count). The molecule has 0 atom stereocenters. The van der Waals surface area contributed by atoms with Crippen molar-refractivity contribution in [2.75, 3.05) is 0 Å². The lowest BCUT2D eigenvalue weighted by Crippen LogP contribution is -1.91. The van der Waals surface area contributed by atoms with E-state index in [-0.39, 0.29) is 0 Å². The van der Waals surface area contributed by atoms with Crippen LogP contribution in [0.3, 0.4) is 0 Å². The first-order valence-electron chi connectivity index (χ1n) is 5.26. The molecule has 0 amide bonds. The van der Waals surface area contributed by atoms with Crippen LogP contribution in [-0.4, -0.2) is 4.98 Å². The molecule has 0 saturated carbocycles. The first kappa shape index (κ1) is 12.1. The second kappa shape index (κ2) is 5.31. The Labute approximate surface area is 110 Å². The predicted octanol–water partition coefficient (Wildman–Crippen LogP) is 3.07. The number of aromatic nitrogens is 1. The third-order valence-corrected chi connectivity index (χ3v) is 2.81. The van der Waals surface area contributed by atoms with Crippen LogP contribution < -0.4 is 0 Å². The molecule has 0 aliphatic carbocycles. The monoisotopic (exact) mass is 253 g/mol. The topological polar surface area (TPSA) is 60.5 Å². The van der Waals surface area contributed by atoms with Gasteiger partial charge in [-0.25, -0.2) is 4.98 Å². The highest BCUT2D eigenvalue weighted by atomic mass is 35.5. The molecule has 0 N–H and O–H groups in total. The maximum Gasteiger partial charge on any atom is 0.140 e. The van der Waals surface area contributed by atoms with E-state index in [0.717, 1.165) is 11.1 Å². The first-order valence-corrected chi connectivity index (χ1v) is 5.64. The fourth-order valence-corrected chi connectivity index (χ4v) is 1.84. The minimum absolute atomic E-state index is 0.400. The third-order valence-electron chi connectivity index (χ3n) is 2.50. The van der Waals surface area contributed by atoms with Gasteiger partial charge in [0.05, 0.1) is 10.6 Å². The molecular weight excluding hydrogens is 246 g/mol. The number of nitrogens with zero attached hydrogens (tertiary/aromatic N) is 3. The molecule has 1 aromatic heterocycles. The summed E-state index contributed by atoms with van der Waals surface area (Å²) in [4.78, 5) is 4.00. The van der Waals surface area contributed by atoms with Crippen molar-refractivity contribution in [1.82, 2.24) is 4.98 Å². The Kier molecular flexibility index (Phi) is 3.57. The Balaban J connectivity index is 2.21. The van der Waals surface area contributed by atoms with Gasteiger partial charge in [-0.15, -0.1) is 0 Å². The molecule has 0 radical (unpaired) electrons. The summed E-state index contributed by atoms with van der Waals surface area (Å²) in [6, 6.07) is 12.9. The first-order chi connectivity index (χ1) is 8.72. The van der Waals surface area contributed by atoms with Gasteiger partial charge in [-0.2, -0.15) is 10.5 Å². The number of hydrogen-bond donors (Lipinski definition) is 0. The summed E-state index contributed by atoms with van der Waals surface area (Å²) < 4.78 is 0. The Morgan fingerprint density at radius 2 is 1.83 bits per heavy atom. The van der Waals surface area contributed by atoms with Gasteiger partial charge >= 0.3 is 0 Å². The second-order valence-corrected chi connectivity index (χ2v) is 4.17. The second-order valence-electron chi connectivity index (χ2n) is 3.77. The number of benzene rings is 1. The predicted molar refractivity (Wildman–Crippen MR) is 67.9 cm³/mol. The van der Waals surface area contributed by atoms with Crippen LogP contribution in [0.15, 0.2) is 36.5 Å². The van der Waals surface area contributed by atoms with Gasteiger partial charge in [-0.3, -0.25) is 0 Å². The van der Waals surface area contributed by atoms with Crippen LogP contribution in [0.4, 0.5) is 0 Å². The molecule has 3 nitrogen and oxygen atoms in total. The van der Waals surface area contributed by atoms with Crippen LogP contribution in [0.5, 0.6) is 0 Å². The minimum Gasteiger partial charge on any atom is -0.245 e. The molecule has 0 spiro atoms. The summed E-state index contributed by atoms with van der Waals surface area (Å²) in [5.41, 5.74) is 2.87. The molecule has 0 unspecified atom stereocenters. The van der Waals surface area contributed by atoms with Crippen molar-refractivity contribution >= 4 is 11.6 Å². The van der Waals surface area contributed by atoms with E-state index in [9.17, 15) is 0 Å². The number of halogens is 1. The summed E-state index contributed by atoms with van der Waals surface area (Å²) in [6.07, 6.45) is 2.34. The van der Waals surface area contributed by atoms with Gasteiger partial charge in [0.2, 0.25) is 0 Å². The normalized spacial score (nSPS) is 9.50. The quantitative estimate of drug-likeness (QED) is 0.826.